The fourth-order valence-electron chi connectivity index (χ4n) is 8.11. The number of hydrogen-bond donors (Lipinski definition) is 0. The van der Waals surface area contributed by atoms with E-state index >= 15 is 0 Å². The number of pyridine rings is 2. The molecule has 0 aliphatic heterocycles. The van der Waals surface area contributed by atoms with Crippen molar-refractivity contribution in [2.75, 3.05) is 0 Å². The van der Waals surface area contributed by atoms with Gasteiger partial charge in [-0.15, -0.1) is 0 Å². The fraction of sp³-hybridized carbons (Fsp3) is 0. The number of aromatic nitrogens is 6. The smallest absolute Gasteiger partial charge is 0.228 e. The molecule has 0 unspecified atom stereocenters. The molecule has 7 aromatic carbocycles. The summed E-state index contributed by atoms with van der Waals surface area (Å²) in [6, 6.07) is 53.2. The summed E-state index contributed by atoms with van der Waals surface area (Å²) in [6.07, 6.45) is 3.59. The third-order valence-electron chi connectivity index (χ3n) is 10.9. The third kappa shape index (κ3) is 5.09. The molecule has 58 heavy (non-hydrogen) atoms. The molecule has 0 fully saturated rings. The summed E-state index contributed by atoms with van der Waals surface area (Å²) < 4.78 is 12.8. The van der Waals surface area contributed by atoms with E-state index in [0.717, 1.165) is 87.8 Å². The first kappa shape index (κ1) is 32.2. The summed E-state index contributed by atoms with van der Waals surface area (Å²) in [5.41, 5.74) is 10.3. The van der Waals surface area contributed by atoms with Crippen LogP contribution >= 0.6 is 0 Å². The summed E-state index contributed by atoms with van der Waals surface area (Å²) in [5.74, 6) is 2.29. The second-order valence-electron chi connectivity index (χ2n) is 14.3. The van der Waals surface area contributed by atoms with Crippen LogP contribution in [0.25, 0.3) is 122 Å². The average molecular weight is 745 g/mol. The van der Waals surface area contributed by atoms with Crippen molar-refractivity contribution < 1.29 is 8.83 Å². The van der Waals surface area contributed by atoms with Gasteiger partial charge in [-0.25, -0.2) is 19.9 Å². The zero-order chi connectivity index (χ0) is 38.2. The minimum absolute atomic E-state index is 0.548. The summed E-state index contributed by atoms with van der Waals surface area (Å²) in [6.45, 7) is 0. The predicted molar refractivity (Wildman–Crippen MR) is 230 cm³/mol. The van der Waals surface area contributed by atoms with Crippen LogP contribution in [0.4, 0.5) is 0 Å². The highest BCUT2D eigenvalue weighted by Crippen LogP contribution is 2.40. The van der Waals surface area contributed by atoms with Gasteiger partial charge in [0, 0.05) is 56.2 Å². The van der Waals surface area contributed by atoms with Crippen LogP contribution in [0.1, 0.15) is 0 Å². The van der Waals surface area contributed by atoms with E-state index in [9.17, 15) is 0 Å². The highest BCUT2D eigenvalue weighted by molar-refractivity contribution is 6.13. The number of nitrogens with zero attached hydrogens (tertiary/aromatic N) is 6. The van der Waals surface area contributed by atoms with Gasteiger partial charge in [0.2, 0.25) is 5.89 Å². The highest BCUT2D eigenvalue weighted by atomic mass is 16.4. The van der Waals surface area contributed by atoms with Gasteiger partial charge in [0.1, 0.15) is 11.1 Å². The van der Waals surface area contributed by atoms with Crippen LogP contribution in [-0.4, -0.2) is 29.9 Å². The maximum Gasteiger partial charge on any atom is 0.228 e. The molecule has 5 aromatic heterocycles. The van der Waals surface area contributed by atoms with E-state index in [1.54, 1.807) is 12.4 Å². The van der Waals surface area contributed by atoms with Gasteiger partial charge in [0.25, 0.3) is 0 Å². The Hall–Kier alpha value is -8.10. The summed E-state index contributed by atoms with van der Waals surface area (Å²) in [4.78, 5) is 29.4. The third-order valence-corrected chi connectivity index (χ3v) is 10.9. The summed E-state index contributed by atoms with van der Waals surface area (Å²) in [5, 5.41) is 6.15. The van der Waals surface area contributed by atoms with Gasteiger partial charge in [0.05, 0.1) is 11.0 Å². The lowest BCUT2D eigenvalue weighted by Crippen LogP contribution is -2.01. The molecule has 0 N–H and O–H groups in total. The topological polar surface area (TPSA) is 104 Å². The average Bonchev–Trinajstić information content (AvgIpc) is 3.91. The van der Waals surface area contributed by atoms with E-state index < -0.39 is 0 Å². The van der Waals surface area contributed by atoms with E-state index in [2.05, 4.69) is 83.8 Å². The Morgan fingerprint density at radius 3 is 1.86 bits per heavy atom. The maximum absolute atomic E-state index is 6.51. The van der Waals surface area contributed by atoms with Gasteiger partial charge in [-0.05, 0) is 58.3 Å². The van der Waals surface area contributed by atoms with E-state index in [1.807, 2.05) is 78.9 Å². The molecule has 0 saturated carbocycles. The first-order valence-electron chi connectivity index (χ1n) is 19.0. The number of oxazole rings is 1. The van der Waals surface area contributed by atoms with Gasteiger partial charge < -0.3 is 8.83 Å². The molecule has 0 atom stereocenters. The molecule has 270 valence electrons. The van der Waals surface area contributed by atoms with Crippen molar-refractivity contribution in [3.63, 3.8) is 0 Å². The van der Waals surface area contributed by atoms with Crippen molar-refractivity contribution in [3.8, 4) is 56.7 Å². The van der Waals surface area contributed by atoms with Crippen LogP contribution in [0.2, 0.25) is 0 Å². The molecular formula is C50H28N6O2. The van der Waals surface area contributed by atoms with Gasteiger partial charge in [0.15, 0.2) is 28.6 Å². The number of para-hydroxylation sites is 1. The van der Waals surface area contributed by atoms with Crippen molar-refractivity contribution in [1.29, 1.82) is 0 Å². The second-order valence-corrected chi connectivity index (χ2v) is 14.3. The number of rotatable bonds is 5. The Morgan fingerprint density at radius 1 is 0.345 bits per heavy atom. The van der Waals surface area contributed by atoms with E-state index in [-0.39, 0.29) is 0 Å². The van der Waals surface area contributed by atoms with Crippen molar-refractivity contribution in [2.24, 2.45) is 0 Å². The zero-order valence-electron chi connectivity index (χ0n) is 30.7. The monoisotopic (exact) mass is 744 g/mol. The number of furan rings is 1. The molecule has 5 heterocycles. The largest absolute Gasteiger partial charge is 0.452 e. The lowest BCUT2D eigenvalue weighted by Gasteiger charge is -2.12. The molecule has 8 heteroatoms. The quantitative estimate of drug-likeness (QED) is 0.160. The summed E-state index contributed by atoms with van der Waals surface area (Å²) in [7, 11) is 0. The van der Waals surface area contributed by atoms with Crippen LogP contribution in [0.5, 0.6) is 0 Å². The zero-order valence-corrected chi connectivity index (χ0v) is 30.7. The predicted octanol–water partition coefficient (Wildman–Crippen LogP) is 12.5. The lowest BCUT2D eigenvalue weighted by molar-refractivity contribution is 0.604. The fourth-order valence-corrected chi connectivity index (χ4v) is 8.11. The minimum atomic E-state index is 0.548. The van der Waals surface area contributed by atoms with Crippen LogP contribution in [0.3, 0.4) is 0 Å². The molecule has 0 radical (unpaired) electrons. The van der Waals surface area contributed by atoms with E-state index in [4.69, 9.17) is 33.8 Å². The Labute approximate surface area is 330 Å². The van der Waals surface area contributed by atoms with Crippen molar-refractivity contribution in [2.45, 2.75) is 0 Å². The van der Waals surface area contributed by atoms with Crippen molar-refractivity contribution >= 4 is 65.6 Å². The molecule has 12 aromatic rings. The normalized spacial score (nSPS) is 11.8. The van der Waals surface area contributed by atoms with Crippen molar-refractivity contribution in [3.05, 3.63) is 170 Å². The number of fused-ring (bicyclic) bond motifs is 9. The number of benzene rings is 7. The van der Waals surface area contributed by atoms with Crippen LogP contribution in [0.15, 0.2) is 179 Å². The molecule has 0 spiro atoms. The standard InChI is InChI=1S/C50H28N6O2/c1-2-9-31(10-3-1)47-54-48(56-49(55-47)39-26-28-52-44-37(39)21-20-30-11-8-27-51-43(30)44)32-18-16-29(17-19-32)33-22-23-40(35-13-5-4-12-34(33)35)50-53-41-25-24-38-36-14-6-7-15-42(36)57-45(38)46(41)58-50/h1-28H. The van der Waals surface area contributed by atoms with Crippen LogP contribution < -0.4 is 0 Å². The SMILES string of the molecule is c1ccc(-c2nc(-c3ccc(-c4ccc(-c5nc6ccc7c8ccccc8oc7c6o5)c5ccccc45)cc3)nc(-c3ccnc4c3ccc3cccnc34)n2)cc1. The Bertz CT molecular complexity index is 3580. The number of hydrogen-bond acceptors (Lipinski definition) is 8. The molecule has 0 amide bonds. The van der Waals surface area contributed by atoms with Gasteiger partial charge in [-0.2, -0.15) is 0 Å². The van der Waals surface area contributed by atoms with Gasteiger partial charge in [-0.3, -0.25) is 9.97 Å². The van der Waals surface area contributed by atoms with E-state index in [0.29, 0.717) is 34.5 Å². The molecule has 12 rings (SSSR count). The van der Waals surface area contributed by atoms with Gasteiger partial charge >= 0.3 is 0 Å². The second kappa shape index (κ2) is 12.7. The first-order valence-corrected chi connectivity index (χ1v) is 19.0. The van der Waals surface area contributed by atoms with E-state index in [1.165, 1.54) is 0 Å². The molecule has 0 bridgehead atoms. The molecule has 0 aliphatic rings. The minimum Gasteiger partial charge on any atom is -0.452 e. The Kier molecular flexibility index (Phi) is 7.06. The van der Waals surface area contributed by atoms with Crippen molar-refractivity contribution in [1.82, 2.24) is 29.9 Å². The first-order chi connectivity index (χ1) is 28.7. The highest BCUT2D eigenvalue weighted by Gasteiger charge is 2.20. The van der Waals surface area contributed by atoms with Crippen LogP contribution in [0, 0.1) is 0 Å². The summed E-state index contributed by atoms with van der Waals surface area (Å²) >= 11 is 0. The Morgan fingerprint density at radius 2 is 1.02 bits per heavy atom. The lowest BCUT2D eigenvalue weighted by atomic mass is 9.94. The maximum atomic E-state index is 6.51. The molecule has 0 aliphatic carbocycles. The van der Waals surface area contributed by atoms with Gasteiger partial charge in [-0.1, -0.05) is 121 Å². The molecule has 0 saturated heterocycles. The molecular weight excluding hydrogens is 717 g/mol. The molecule has 8 nitrogen and oxygen atoms in total. The van der Waals surface area contributed by atoms with Crippen LogP contribution in [-0.2, 0) is 0 Å². The Balaban J connectivity index is 0.951.